The van der Waals surface area contributed by atoms with Crippen LogP contribution in [0.25, 0.3) is 0 Å². The monoisotopic (exact) mass is 287 g/mol. The average Bonchev–Trinajstić information content (AvgIpc) is 2.99. The third-order valence-corrected chi connectivity index (χ3v) is 3.72. The molecule has 1 aliphatic heterocycles. The molecule has 1 atom stereocenters. The van der Waals surface area contributed by atoms with Gasteiger partial charge < -0.3 is 9.26 Å². The molecule has 0 spiro atoms. The number of hydrogen-bond donors (Lipinski definition) is 0. The third kappa shape index (κ3) is 3.31. The summed E-state index contributed by atoms with van der Waals surface area (Å²) in [5.74, 6) is 1.67. The van der Waals surface area contributed by atoms with E-state index in [4.69, 9.17) is 9.26 Å². The van der Waals surface area contributed by atoms with Crippen LogP contribution in [0.3, 0.4) is 0 Å². The maximum absolute atomic E-state index is 5.61. The fourth-order valence-electron chi connectivity index (χ4n) is 2.50. The molecule has 1 fully saturated rings. The summed E-state index contributed by atoms with van der Waals surface area (Å²) >= 11 is 0. The normalized spacial score (nSPS) is 20.0. The van der Waals surface area contributed by atoms with Crippen LogP contribution in [0.1, 0.15) is 43.1 Å². The molecule has 0 aliphatic carbocycles. The molecule has 2 aromatic rings. The van der Waals surface area contributed by atoms with Crippen LogP contribution < -0.4 is 0 Å². The summed E-state index contributed by atoms with van der Waals surface area (Å²) in [6, 6.07) is 10.5. The maximum atomic E-state index is 5.61. The van der Waals surface area contributed by atoms with Crippen molar-refractivity contribution in [2.24, 2.45) is 0 Å². The van der Waals surface area contributed by atoms with E-state index in [1.54, 1.807) is 0 Å². The van der Waals surface area contributed by atoms with Crippen molar-refractivity contribution in [1.82, 2.24) is 15.0 Å². The Morgan fingerprint density at radius 3 is 2.81 bits per heavy atom. The summed E-state index contributed by atoms with van der Waals surface area (Å²) < 4.78 is 10.9. The van der Waals surface area contributed by atoms with Crippen molar-refractivity contribution < 1.29 is 9.26 Å². The fourth-order valence-corrected chi connectivity index (χ4v) is 2.50. The van der Waals surface area contributed by atoms with E-state index < -0.39 is 0 Å². The van der Waals surface area contributed by atoms with Gasteiger partial charge in [-0.25, -0.2) is 0 Å². The van der Waals surface area contributed by atoms with Crippen LogP contribution in [-0.4, -0.2) is 34.8 Å². The van der Waals surface area contributed by atoms with Crippen LogP contribution in [0.15, 0.2) is 34.9 Å². The molecule has 0 bridgehead atoms. The molecule has 112 valence electrons. The zero-order valence-electron chi connectivity index (χ0n) is 12.5. The van der Waals surface area contributed by atoms with Crippen LogP contribution in [-0.2, 0) is 11.3 Å². The quantitative estimate of drug-likeness (QED) is 0.865. The molecular formula is C16H21N3O2. The molecule has 0 amide bonds. The van der Waals surface area contributed by atoms with Crippen molar-refractivity contribution in [3.63, 3.8) is 0 Å². The molecule has 3 rings (SSSR count). The van der Waals surface area contributed by atoms with Crippen LogP contribution in [0.5, 0.6) is 0 Å². The Balaban J connectivity index is 1.77. The predicted octanol–water partition coefficient (Wildman–Crippen LogP) is 2.77. The molecule has 5 heteroatoms. The number of nitrogens with zero attached hydrogens (tertiary/aromatic N) is 3. The first-order valence-electron chi connectivity index (χ1n) is 7.43. The Labute approximate surface area is 124 Å². The summed E-state index contributed by atoms with van der Waals surface area (Å²) in [6.45, 7) is 7.22. The Kier molecular flexibility index (Phi) is 4.31. The minimum absolute atomic E-state index is 0.0650. The molecule has 21 heavy (non-hydrogen) atoms. The van der Waals surface area contributed by atoms with Gasteiger partial charge in [-0.3, -0.25) is 4.90 Å². The summed E-state index contributed by atoms with van der Waals surface area (Å²) in [5.41, 5.74) is 1.29. The number of ether oxygens (including phenoxy) is 1. The van der Waals surface area contributed by atoms with Gasteiger partial charge in [0.05, 0.1) is 19.3 Å². The summed E-state index contributed by atoms with van der Waals surface area (Å²) in [7, 11) is 0. The number of morpholine rings is 1. The largest absolute Gasteiger partial charge is 0.378 e. The topological polar surface area (TPSA) is 51.4 Å². The zero-order valence-corrected chi connectivity index (χ0v) is 12.5. The third-order valence-electron chi connectivity index (χ3n) is 3.72. The Morgan fingerprint density at radius 1 is 1.29 bits per heavy atom. The molecule has 1 aromatic carbocycles. The lowest BCUT2D eigenvalue weighted by atomic mass is 10.1. The number of benzene rings is 1. The summed E-state index contributed by atoms with van der Waals surface area (Å²) in [4.78, 5) is 6.88. The van der Waals surface area contributed by atoms with Gasteiger partial charge in [0.1, 0.15) is 0 Å². The van der Waals surface area contributed by atoms with Gasteiger partial charge in [-0.15, -0.1) is 0 Å². The Hall–Kier alpha value is -1.72. The molecule has 5 nitrogen and oxygen atoms in total. The lowest BCUT2D eigenvalue weighted by molar-refractivity contribution is -0.0166. The highest BCUT2D eigenvalue weighted by molar-refractivity contribution is 5.15. The lowest BCUT2D eigenvalue weighted by Crippen LogP contribution is -2.39. The van der Waals surface area contributed by atoms with Crippen molar-refractivity contribution in [2.45, 2.75) is 32.4 Å². The van der Waals surface area contributed by atoms with E-state index in [2.05, 4.69) is 53.2 Å². The van der Waals surface area contributed by atoms with Gasteiger partial charge in [0.2, 0.25) is 5.89 Å². The number of rotatable bonds is 4. The molecule has 1 aliphatic rings. The van der Waals surface area contributed by atoms with Gasteiger partial charge >= 0.3 is 0 Å². The second-order valence-electron chi connectivity index (χ2n) is 5.69. The van der Waals surface area contributed by atoms with Crippen LogP contribution >= 0.6 is 0 Å². The van der Waals surface area contributed by atoms with E-state index in [9.17, 15) is 0 Å². The second-order valence-corrected chi connectivity index (χ2v) is 5.69. The molecule has 1 saturated heterocycles. The van der Waals surface area contributed by atoms with Gasteiger partial charge in [0, 0.05) is 19.0 Å². The van der Waals surface area contributed by atoms with E-state index in [0.29, 0.717) is 12.5 Å². The van der Waals surface area contributed by atoms with Crippen LogP contribution in [0, 0.1) is 0 Å². The number of aromatic nitrogens is 2. The Morgan fingerprint density at radius 2 is 2.10 bits per heavy atom. The smallest absolute Gasteiger partial charge is 0.229 e. The van der Waals surface area contributed by atoms with E-state index in [0.717, 1.165) is 25.5 Å². The van der Waals surface area contributed by atoms with Crippen LogP contribution in [0.4, 0.5) is 0 Å². The summed E-state index contributed by atoms with van der Waals surface area (Å²) in [5, 5.41) is 4.15. The van der Waals surface area contributed by atoms with Gasteiger partial charge in [-0.1, -0.05) is 49.3 Å². The number of hydrogen-bond acceptors (Lipinski definition) is 5. The van der Waals surface area contributed by atoms with Crippen molar-refractivity contribution in [3.05, 3.63) is 47.6 Å². The van der Waals surface area contributed by atoms with Gasteiger partial charge in [0.15, 0.2) is 5.82 Å². The SMILES string of the molecule is CC(C)c1nc([C@@H]2COCCN2Cc2ccccc2)no1. The standard InChI is InChI=1S/C16H21N3O2/c1-12(2)16-17-15(18-21-16)14-11-20-9-8-19(14)10-13-6-4-3-5-7-13/h3-7,12,14H,8-11H2,1-2H3/t14-/m0/s1. The first kappa shape index (κ1) is 14.2. The second kappa shape index (κ2) is 6.37. The maximum Gasteiger partial charge on any atom is 0.229 e. The van der Waals surface area contributed by atoms with Crippen molar-refractivity contribution in [2.75, 3.05) is 19.8 Å². The highest BCUT2D eigenvalue weighted by Gasteiger charge is 2.29. The first-order chi connectivity index (χ1) is 10.2. The van der Waals surface area contributed by atoms with Gasteiger partial charge in [-0.05, 0) is 5.56 Å². The van der Waals surface area contributed by atoms with E-state index in [1.807, 2.05) is 6.07 Å². The van der Waals surface area contributed by atoms with Crippen molar-refractivity contribution in [1.29, 1.82) is 0 Å². The molecular weight excluding hydrogens is 266 g/mol. The highest BCUT2D eigenvalue weighted by Crippen LogP contribution is 2.25. The molecule has 0 saturated carbocycles. The zero-order chi connectivity index (χ0) is 14.7. The first-order valence-corrected chi connectivity index (χ1v) is 7.43. The molecule has 1 aromatic heterocycles. The van der Waals surface area contributed by atoms with E-state index >= 15 is 0 Å². The Bertz CT molecular complexity index is 568. The van der Waals surface area contributed by atoms with E-state index in [1.165, 1.54) is 5.56 Å². The molecule has 0 N–H and O–H groups in total. The minimum Gasteiger partial charge on any atom is -0.378 e. The van der Waals surface area contributed by atoms with Crippen LogP contribution in [0.2, 0.25) is 0 Å². The van der Waals surface area contributed by atoms with Crippen molar-refractivity contribution in [3.8, 4) is 0 Å². The van der Waals surface area contributed by atoms with Gasteiger partial charge in [0.25, 0.3) is 0 Å². The highest BCUT2D eigenvalue weighted by atomic mass is 16.5. The fraction of sp³-hybridized carbons (Fsp3) is 0.500. The van der Waals surface area contributed by atoms with Crippen molar-refractivity contribution >= 4 is 0 Å². The predicted molar refractivity (Wildman–Crippen MR) is 78.8 cm³/mol. The van der Waals surface area contributed by atoms with Gasteiger partial charge in [-0.2, -0.15) is 4.98 Å². The lowest BCUT2D eigenvalue weighted by Gasteiger charge is -2.33. The van der Waals surface area contributed by atoms with E-state index in [-0.39, 0.29) is 12.0 Å². The minimum atomic E-state index is 0.0650. The average molecular weight is 287 g/mol. The summed E-state index contributed by atoms with van der Waals surface area (Å²) in [6.07, 6.45) is 0. The molecule has 0 radical (unpaired) electrons. The molecule has 2 heterocycles. The molecule has 0 unspecified atom stereocenters.